The van der Waals surface area contributed by atoms with Crippen molar-refractivity contribution in [3.8, 4) is 0 Å². The quantitative estimate of drug-likeness (QED) is 0.785. The molecule has 0 spiro atoms. The lowest BCUT2D eigenvalue weighted by molar-refractivity contribution is 0.0698. The van der Waals surface area contributed by atoms with Gasteiger partial charge in [-0.25, -0.2) is 9.78 Å². The van der Waals surface area contributed by atoms with Crippen LogP contribution in [-0.4, -0.2) is 16.1 Å². The van der Waals surface area contributed by atoms with Crippen molar-refractivity contribution in [1.29, 1.82) is 0 Å². The monoisotopic (exact) mass is 228 g/mol. The summed E-state index contributed by atoms with van der Waals surface area (Å²) in [5.74, 6) is -1.08. The molecule has 0 fully saturated rings. The summed E-state index contributed by atoms with van der Waals surface area (Å²) >= 11 is 7.03. The number of hydrogen-bond acceptors (Lipinski definition) is 4. The first kappa shape index (κ1) is 9.23. The van der Waals surface area contributed by atoms with Gasteiger partial charge in [0.05, 0.1) is 10.0 Å². The molecular weight excluding hydrogens is 224 g/mol. The summed E-state index contributed by atoms with van der Waals surface area (Å²) in [4.78, 5) is 15.3. The molecule has 0 saturated carbocycles. The highest BCUT2D eigenvalue weighted by molar-refractivity contribution is 7.22. The van der Waals surface area contributed by atoms with Crippen LogP contribution in [-0.2, 0) is 0 Å². The lowest BCUT2D eigenvalue weighted by Gasteiger charge is -1.99. The van der Waals surface area contributed by atoms with Crippen LogP contribution < -0.4 is 5.73 Å². The Hall–Kier alpha value is -1.33. The molecule has 0 bridgehead atoms. The average Bonchev–Trinajstić information content (AvgIpc) is 2.46. The van der Waals surface area contributed by atoms with Gasteiger partial charge in [-0.2, -0.15) is 0 Å². The lowest BCUT2D eigenvalue weighted by atomic mass is 10.2. The number of carbonyl (C=O) groups is 1. The van der Waals surface area contributed by atoms with Crippen LogP contribution in [0.3, 0.4) is 0 Å². The molecule has 14 heavy (non-hydrogen) atoms. The predicted molar refractivity (Wildman–Crippen MR) is 56.0 cm³/mol. The van der Waals surface area contributed by atoms with E-state index in [1.54, 1.807) is 6.07 Å². The highest BCUT2D eigenvalue weighted by atomic mass is 35.5. The average molecular weight is 229 g/mol. The molecular formula is C8H5ClN2O2S. The van der Waals surface area contributed by atoms with E-state index in [0.717, 1.165) is 0 Å². The van der Waals surface area contributed by atoms with E-state index in [1.807, 2.05) is 0 Å². The molecule has 0 atom stereocenters. The predicted octanol–water partition coefficient (Wildman–Crippen LogP) is 2.23. The first-order chi connectivity index (χ1) is 6.59. The number of nitrogens with zero attached hydrogens (tertiary/aromatic N) is 1. The number of anilines is 1. The maximum absolute atomic E-state index is 10.7. The molecule has 0 radical (unpaired) electrons. The molecule has 0 aromatic carbocycles. The summed E-state index contributed by atoms with van der Waals surface area (Å²) in [5.41, 5.74) is 5.88. The summed E-state index contributed by atoms with van der Waals surface area (Å²) in [6.07, 6.45) is 1.24. The van der Waals surface area contributed by atoms with E-state index in [9.17, 15) is 4.79 Å². The summed E-state index contributed by atoms with van der Waals surface area (Å²) < 4.78 is 0.543. The molecule has 0 aliphatic carbocycles. The van der Waals surface area contributed by atoms with E-state index in [2.05, 4.69) is 4.98 Å². The SMILES string of the molecule is Nc1c(C(=O)O)cnc2sc(Cl)cc12. The second-order valence-corrected chi connectivity index (χ2v) is 4.32. The minimum atomic E-state index is -1.08. The zero-order chi connectivity index (χ0) is 10.3. The molecule has 2 rings (SSSR count). The van der Waals surface area contributed by atoms with Crippen LogP contribution in [0.15, 0.2) is 12.3 Å². The summed E-state index contributed by atoms with van der Waals surface area (Å²) in [7, 11) is 0. The summed E-state index contributed by atoms with van der Waals surface area (Å²) in [5, 5.41) is 9.38. The number of carboxylic acids is 1. The number of fused-ring (bicyclic) bond motifs is 1. The first-order valence-corrected chi connectivity index (χ1v) is 4.86. The zero-order valence-electron chi connectivity index (χ0n) is 6.82. The summed E-state index contributed by atoms with van der Waals surface area (Å²) in [6, 6.07) is 1.62. The maximum Gasteiger partial charge on any atom is 0.339 e. The largest absolute Gasteiger partial charge is 0.478 e. The second-order valence-electron chi connectivity index (χ2n) is 2.66. The van der Waals surface area contributed by atoms with E-state index in [4.69, 9.17) is 22.4 Å². The standard InChI is InChI=1S/C8H5ClN2O2S/c9-5-1-3-6(10)4(8(12)13)2-11-7(3)14-5/h1-2H,(H2,10,11)(H,12,13). The van der Waals surface area contributed by atoms with Crippen molar-refractivity contribution in [3.05, 3.63) is 22.2 Å². The topological polar surface area (TPSA) is 76.2 Å². The Morgan fingerprint density at radius 2 is 2.36 bits per heavy atom. The van der Waals surface area contributed by atoms with Gasteiger partial charge in [0.15, 0.2) is 0 Å². The van der Waals surface area contributed by atoms with E-state index in [0.29, 0.717) is 14.6 Å². The minimum absolute atomic E-state index is 0.00645. The fourth-order valence-corrected chi connectivity index (χ4v) is 2.22. The van der Waals surface area contributed by atoms with E-state index >= 15 is 0 Å². The Balaban J connectivity index is 2.80. The molecule has 0 aliphatic rings. The van der Waals surface area contributed by atoms with Crippen molar-refractivity contribution in [2.75, 3.05) is 5.73 Å². The van der Waals surface area contributed by atoms with Gasteiger partial charge in [-0.05, 0) is 6.07 Å². The number of thiophene rings is 1. The number of carboxylic acid groups (broad SMARTS) is 1. The molecule has 0 amide bonds. The second kappa shape index (κ2) is 3.11. The maximum atomic E-state index is 10.7. The normalized spacial score (nSPS) is 10.6. The fourth-order valence-electron chi connectivity index (χ4n) is 1.15. The number of halogens is 1. The number of pyridine rings is 1. The first-order valence-electron chi connectivity index (χ1n) is 3.66. The van der Waals surface area contributed by atoms with Crippen LogP contribution in [0.25, 0.3) is 10.2 Å². The number of hydrogen-bond donors (Lipinski definition) is 2. The van der Waals surface area contributed by atoms with Crippen LogP contribution in [0.2, 0.25) is 4.34 Å². The number of aromatic carboxylic acids is 1. The molecule has 0 saturated heterocycles. The minimum Gasteiger partial charge on any atom is -0.478 e. The molecule has 4 nitrogen and oxygen atoms in total. The third-order valence-corrected chi connectivity index (χ3v) is 2.98. The van der Waals surface area contributed by atoms with E-state index in [1.165, 1.54) is 17.5 Å². The molecule has 0 unspecified atom stereocenters. The van der Waals surface area contributed by atoms with Crippen LogP contribution in [0.1, 0.15) is 10.4 Å². The highest BCUT2D eigenvalue weighted by Crippen LogP contribution is 2.32. The van der Waals surface area contributed by atoms with Gasteiger partial charge in [0.1, 0.15) is 10.4 Å². The van der Waals surface area contributed by atoms with Crippen LogP contribution in [0, 0.1) is 0 Å². The molecule has 0 aliphatic heterocycles. The van der Waals surface area contributed by atoms with Gasteiger partial charge in [0.2, 0.25) is 0 Å². The van der Waals surface area contributed by atoms with E-state index < -0.39 is 5.97 Å². The number of aromatic nitrogens is 1. The van der Waals surface area contributed by atoms with Gasteiger partial charge in [0, 0.05) is 11.6 Å². The van der Waals surface area contributed by atoms with Gasteiger partial charge >= 0.3 is 5.97 Å². The van der Waals surface area contributed by atoms with Crippen molar-refractivity contribution in [3.63, 3.8) is 0 Å². The summed E-state index contributed by atoms with van der Waals surface area (Å²) in [6.45, 7) is 0. The Morgan fingerprint density at radius 3 is 3.00 bits per heavy atom. The van der Waals surface area contributed by atoms with Crippen LogP contribution in [0.5, 0.6) is 0 Å². The smallest absolute Gasteiger partial charge is 0.339 e. The molecule has 72 valence electrons. The molecule has 3 N–H and O–H groups in total. The molecule has 6 heteroatoms. The highest BCUT2D eigenvalue weighted by Gasteiger charge is 2.13. The zero-order valence-corrected chi connectivity index (χ0v) is 8.39. The molecule has 2 aromatic heterocycles. The van der Waals surface area contributed by atoms with Crippen LogP contribution in [0.4, 0.5) is 5.69 Å². The van der Waals surface area contributed by atoms with Gasteiger partial charge in [-0.1, -0.05) is 11.6 Å². The van der Waals surface area contributed by atoms with Gasteiger partial charge < -0.3 is 10.8 Å². The molecule has 2 aromatic rings. The van der Waals surface area contributed by atoms with Gasteiger partial charge in [0.25, 0.3) is 0 Å². The third kappa shape index (κ3) is 1.30. The Bertz CT molecular complexity index is 523. The van der Waals surface area contributed by atoms with Crippen molar-refractivity contribution < 1.29 is 9.90 Å². The van der Waals surface area contributed by atoms with Crippen molar-refractivity contribution in [1.82, 2.24) is 4.98 Å². The van der Waals surface area contributed by atoms with Gasteiger partial charge in [-0.3, -0.25) is 0 Å². The van der Waals surface area contributed by atoms with Crippen molar-refractivity contribution in [2.45, 2.75) is 0 Å². The number of rotatable bonds is 1. The van der Waals surface area contributed by atoms with E-state index in [-0.39, 0.29) is 11.3 Å². The Labute approximate surface area is 87.9 Å². The number of nitrogens with two attached hydrogens (primary N) is 1. The van der Waals surface area contributed by atoms with Crippen LogP contribution >= 0.6 is 22.9 Å². The fraction of sp³-hybridized carbons (Fsp3) is 0. The Kier molecular flexibility index (Phi) is 2.05. The van der Waals surface area contributed by atoms with Crippen molar-refractivity contribution >= 4 is 44.8 Å². The van der Waals surface area contributed by atoms with Gasteiger partial charge in [-0.15, -0.1) is 11.3 Å². The Morgan fingerprint density at radius 1 is 1.64 bits per heavy atom. The number of nitrogen functional groups attached to an aromatic ring is 1. The lowest BCUT2D eigenvalue weighted by Crippen LogP contribution is -2.02. The van der Waals surface area contributed by atoms with Crippen molar-refractivity contribution in [2.24, 2.45) is 0 Å². The third-order valence-electron chi connectivity index (χ3n) is 1.80. The molecule has 2 heterocycles.